The number of imidazole rings is 1. The van der Waals surface area contributed by atoms with Crippen LogP contribution in [0.4, 0.5) is 18.9 Å². The van der Waals surface area contributed by atoms with Gasteiger partial charge in [0.1, 0.15) is 23.6 Å². The summed E-state index contributed by atoms with van der Waals surface area (Å²) in [4.78, 5) is 21.0. The highest BCUT2D eigenvalue weighted by Gasteiger charge is 2.48. The van der Waals surface area contributed by atoms with Crippen molar-refractivity contribution >= 4 is 22.6 Å². The van der Waals surface area contributed by atoms with Crippen molar-refractivity contribution in [3.05, 3.63) is 53.9 Å². The molecule has 29 heavy (non-hydrogen) atoms. The monoisotopic (exact) mass is 403 g/mol. The third-order valence-corrected chi connectivity index (χ3v) is 5.19. The molecule has 3 aromatic rings. The highest BCUT2D eigenvalue weighted by molar-refractivity contribution is 6.04. The van der Waals surface area contributed by atoms with Gasteiger partial charge in [0, 0.05) is 29.8 Å². The van der Waals surface area contributed by atoms with Gasteiger partial charge in [-0.05, 0) is 25.1 Å². The van der Waals surface area contributed by atoms with Gasteiger partial charge in [0.15, 0.2) is 0 Å². The van der Waals surface area contributed by atoms with Crippen LogP contribution in [0.3, 0.4) is 0 Å². The van der Waals surface area contributed by atoms with E-state index in [-0.39, 0.29) is 30.2 Å². The number of β-lactam (4-membered cyclic amide) rings is 1. The van der Waals surface area contributed by atoms with E-state index in [1.807, 2.05) is 0 Å². The van der Waals surface area contributed by atoms with E-state index in [0.717, 1.165) is 23.2 Å². The first-order valence-electron chi connectivity index (χ1n) is 9.39. The molecule has 0 spiro atoms. The number of halogens is 3. The first-order valence-corrected chi connectivity index (χ1v) is 9.39. The number of carbonyl (C=O) groups is 1. The molecule has 1 aliphatic rings. The SMILES string of the molecule is CC(F)CCOc1cc(F)c([C@H]2[C@H](C)C(=O)N2c2ccc3nc[nH]c3c2)c(F)c1. The van der Waals surface area contributed by atoms with Gasteiger partial charge in [0.25, 0.3) is 0 Å². The molecular formula is C21H20F3N3O2. The molecule has 1 amide bonds. The lowest BCUT2D eigenvalue weighted by molar-refractivity contribution is -0.129. The van der Waals surface area contributed by atoms with Gasteiger partial charge >= 0.3 is 0 Å². The van der Waals surface area contributed by atoms with Crippen molar-refractivity contribution in [1.29, 1.82) is 0 Å². The summed E-state index contributed by atoms with van der Waals surface area (Å²) in [5, 5.41) is 0. The number of rotatable bonds is 6. The third kappa shape index (κ3) is 3.43. The van der Waals surface area contributed by atoms with E-state index >= 15 is 0 Å². The first-order chi connectivity index (χ1) is 13.9. The fourth-order valence-corrected chi connectivity index (χ4v) is 3.64. The van der Waals surface area contributed by atoms with Crippen molar-refractivity contribution in [3.8, 4) is 5.75 Å². The second-order valence-electron chi connectivity index (χ2n) is 7.26. The summed E-state index contributed by atoms with van der Waals surface area (Å²) in [5.74, 6) is -2.40. The van der Waals surface area contributed by atoms with E-state index in [2.05, 4.69) is 9.97 Å². The molecule has 8 heteroatoms. The summed E-state index contributed by atoms with van der Waals surface area (Å²) in [5.41, 5.74) is 1.80. The fraction of sp³-hybridized carbons (Fsp3) is 0.333. The normalized spacial score (nSPS) is 20.0. The lowest BCUT2D eigenvalue weighted by Gasteiger charge is -2.46. The maximum absolute atomic E-state index is 14.8. The largest absolute Gasteiger partial charge is 0.493 e. The molecular weight excluding hydrogens is 383 g/mol. The van der Waals surface area contributed by atoms with E-state index in [0.29, 0.717) is 5.69 Å². The Kier molecular flexibility index (Phi) is 4.94. The lowest BCUT2D eigenvalue weighted by atomic mass is 9.82. The Hall–Kier alpha value is -3.03. The number of nitrogens with one attached hydrogen (secondary N) is 1. The fourth-order valence-electron chi connectivity index (χ4n) is 3.64. The Balaban J connectivity index is 1.64. The Morgan fingerprint density at radius 1 is 1.24 bits per heavy atom. The molecule has 1 aromatic heterocycles. The maximum atomic E-state index is 14.8. The van der Waals surface area contributed by atoms with Crippen molar-refractivity contribution in [2.45, 2.75) is 32.5 Å². The van der Waals surface area contributed by atoms with Gasteiger partial charge in [-0.25, -0.2) is 18.2 Å². The smallest absolute Gasteiger partial charge is 0.232 e. The number of H-pyrrole nitrogens is 1. The molecule has 0 radical (unpaired) electrons. The van der Waals surface area contributed by atoms with Crippen LogP contribution < -0.4 is 9.64 Å². The Morgan fingerprint density at radius 2 is 1.97 bits per heavy atom. The number of hydrogen-bond acceptors (Lipinski definition) is 3. The van der Waals surface area contributed by atoms with Gasteiger partial charge in [-0.3, -0.25) is 4.79 Å². The minimum Gasteiger partial charge on any atom is -0.493 e. The molecule has 0 bridgehead atoms. The Labute approximate surface area is 165 Å². The van der Waals surface area contributed by atoms with Crippen molar-refractivity contribution in [2.75, 3.05) is 11.5 Å². The third-order valence-electron chi connectivity index (χ3n) is 5.19. The second kappa shape index (κ2) is 7.42. The van der Waals surface area contributed by atoms with Crippen LogP contribution in [0.25, 0.3) is 11.0 Å². The highest BCUT2D eigenvalue weighted by Crippen LogP contribution is 2.45. The number of nitrogens with zero attached hydrogens (tertiary/aromatic N) is 2. The number of amides is 1. The topological polar surface area (TPSA) is 58.2 Å². The van der Waals surface area contributed by atoms with Gasteiger partial charge in [-0.1, -0.05) is 6.92 Å². The summed E-state index contributed by atoms with van der Waals surface area (Å²) in [7, 11) is 0. The zero-order chi connectivity index (χ0) is 20.7. The molecule has 2 aromatic carbocycles. The van der Waals surface area contributed by atoms with E-state index in [9.17, 15) is 18.0 Å². The molecule has 3 atom stereocenters. The van der Waals surface area contributed by atoms with Crippen molar-refractivity contribution < 1.29 is 22.7 Å². The number of fused-ring (bicyclic) bond motifs is 1. The highest BCUT2D eigenvalue weighted by atomic mass is 19.1. The predicted molar refractivity (Wildman–Crippen MR) is 103 cm³/mol. The average molecular weight is 403 g/mol. The molecule has 5 nitrogen and oxygen atoms in total. The molecule has 4 rings (SSSR count). The lowest BCUT2D eigenvalue weighted by Crippen LogP contribution is -2.54. The maximum Gasteiger partial charge on any atom is 0.232 e. The minimum atomic E-state index is -1.06. The van der Waals surface area contributed by atoms with Gasteiger partial charge in [0.05, 0.1) is 35.9 Å². The Morgan fingerprint density at radius 3 is 2.66 bits per heavy atom. The number of hydrogen-bond donors (Lipinski definition) is 1. The predicted octanol–water partition coefficient (Wildman–Crippen LogP) is 4.69. The first kappa shape index (κ1) is 19.3. The number of aromatic nitrogens is 2. The zero-order valence-electron chi connectivity index (χ0n) is 16.0. The molecule has 0 saturated carbocycles. The molecule has 1 saturated heterocycles. The number of benzene rings is 2. The summed E-state index contributed by atoms with van der Waals surface area (Å²) in [6, 6.07) is 6.54. The van der Waals surface area contributed by atoms with Crippen LogP contribution in [-0.2, 0) is 4.79 Å². The molecule has 1 aliphatic heterocycles. The number of ether oxygens (including phenoxy) is 1. The van der Waals surface area contributed by atoms with Gasteiger partial charge in [-0.15, -0.1) is 0 Å². The van der Waals surface area contributed by atoms with Crippen LogP contribution in [0.5, 0.6) is 5.75 Å². The molecule has 152 valence electrons. The number of aromatic amines is 1. The van der Waals surface area contributed by atoms with Gasteiger partial charge in [0.2, 0.25) is 5.91 Å². The zero-order valence-corrected chi connectivity index (χ0v) is 16.0. The second-order valence-corrected chi connectivity index (χ2v) is 7.26. The molecule has 2 heterocycles. The van der Waals surface area contributed by atoms with E-state index in [1.165, 1.54) is 18.2 Å². The Bertz CT molecular complexity index is 1040. The van der Waals surface area contributed by atoms with Crippen molar-refractivity contribution in [2.24, 2.45) is 5.92 Å². The molecule has 1 fully saturated rings. The summed E-state index contributed by atoms with van der Waals surface area (Å²) >= 11 is 0. The average Bonchev–Trinajstić information content (AvgIpc) is 3.14. The van der Waals surface area contributed by atoms with Crippen molar-refractivity contribution in [1.82, 2.24) is 9.97 Å². The molecule has 0 aliphatic carbocycles. The summed E-state index contributed by atoms with van der Waals surface area (Å²) in [6.07, 6.45) is 0.601. The molecule has 1 N–H and O–H groups in total. The van der Waals surface area contributed by atoms with Crippen LogP contribution in [0, 0.1) is 17.6 Å². The minimum absolute atomic E-state index is 0.00636. The van der Waals surface area contributed by atoms with Crippen LogP contribution in [0.15, 0.2) is 36.7 Å². The number of anilines is 1. The van der Waals surface area contributed by atoms with E-state index in [1.54, 1.807) is 25.1 Å². The van der Waals surface area contributed by atoms with Crippen LogP contribution >= 0.6 is 0 Å². The number of carbonyl (C=O) groups excluding carboxylic acids is 1. The van der Waals surface area contributed by atoms with Crippen molar-refractivity contribution in [3.63, 3.8) is 0 Å². The van der Waals surface area contributed by atoms with E-state index in [4.69, 9.17) is 4.74 Å². The molecule has 1 unspecified atom stereocenters. The quantitative estimate of drug-likeness (QED) is 0.608. The van der Waals surface area contributed by atoms with Crippen LogP contribution in [0.2, 0.25) is 0 Å². The summed E-state index contributed by atoms with van der Waals surface area (Å²) < 4.78 is 47.8. The van der Waals surface area contributed by atoms with Gasteiger partial charge < -0.3 is 14.6 Å². The standard InChI is InChI=1S/C21H20F3N3O2/c1-11(22)5-6-29-14-8-15(23)19(16(24)9-14)20-12(2)21(28)27(20)13-3-4-17-18(7-13)26-10-25-17/h3-4,7-12,20H,5-6H2,1-2H3,(H,25,26)/t11?,12-,20+/m0/s1. The van der Waals surface area contributed by atoms with Gasteiger partial charge in [-0.2, -0.15) is 0 Å². The van der Waals surface area contributed by atoms with Crippen LogP contribution in [-0.4, -0.2) is 28.7 Å². The summed E-state index contributed by atoms with van der Waals surface area (Å²) in [6.45, 7) is 3.05. The van der Waals surface area contributed by atoms with E-state index < -0.39 is 29.8 Å². The van der Waals surface area contributed by atoms with Crippen LogP contribution in [0.1, 0.15) is 31.9 Å². The number of alkyl halides is 1.